The van der Waals surface area contributed by atoms with E-state index in [0.717, 1.165) is 74.8 Å². The third-order valence-electron chi connectivity index (χ3n) is 5.98. The van der Waals surface area contributed by atoms with E-state index < -0.39 is 0 Å². The van der Waals surface area contributed by atoms with Crippen LogP contribution in [0.1, 0.15) is 37.3 Å². The number of ether oxygens (including phenoxy) is 1. The van der Waals surface area contributed by atoms with Crippen LogP contribution in [0.5, 0.6) is 0 Å². The molecule has 1 atom stereocenters. The highest BCUT2D eigenvalue weighted by Gasteiger charge is 2.36. The van der Waals surface area contributed by atoms with Crippen molar-refractivity contribution in [3.05, 3.63) is 30.5 Å². The van der Waals surface area contributed by atoms with Crippen molar-refractivity contribution in [1.29, 1.82) is 0 Å². The fraction of sp³-hybridized carbons (Fsp3) is 0.571. The molecule has 1 amide bonds. The van der Waals surface area contributed by atoms with E-state index in [4.69, 9.17) is 9.72 Å². The predicted molar refractivity (Wildman–Crippen MR) is 107 cm³/mol. The van der Waals surface area contributed by atoms with E-state index in [1.54, 1.807) is 18.6 Å². The minimum absolute atomic E-state index is 0.186. The molecule has 2 aromatic rings. The van der Waals surface area contributed by atoms with Gasteiger partial charge in [-0.1, -0.05) is 0 Å². The van der Waals surface area contributed by atoms with E-state index in [1.807, 2.05) is 11.1 Å². The zero-order valence-corrected chi connectivity index (χ0v) is 16.5. The third kappa shape index (κ3) is 3.94. The highest BCUT2D eigenvalue weighted by atomic mass is 16.5. The van der Waals surface area contributed by atoms with E-state index >= 15 is 0 Å². The molecule has 1 saturated carbocycles. The van der Waals surface area contributed by atoms with Gasteiger partial charge in [-0.25, -0.2) is 9.97 Å². The van der Waals surface area contributed by atoms with Gasteiger partial charge in [0.2, 0.25) is 11.9 Å². The average Bonchev–Trinajstić information content (AvgIpc) is 3.65. The molecule has 2 aromatic heterocycles. The Balaban J connectivity index is 1.48. The summed E-state index contributed by atoms with van der Waals surface area (Å²) >= 11 is 0. The predicted octanol–water partition coefficient (Wildman–Crippen LogP) is 1.89. The maximum Gasteiger partial charge on any atom is 0.225 e. The summed E-state index contributed by atoms with van der Waals surface area (Å²) in [6.45, 7) is 4.55. The molecule has 0 spiro atoms. The van der Waals surface area contributed by atoms with Crippen molar-refractivity contribution < 1.29 is 9.53 Å². The minimum Gasteiger partial charge on any atom is -0.378 e. The number of carbonyl (C=O) groups is 1. The summed E-state index contributed by atoms with van der Waals surface area (Å²) in [5.41, 5.74) is 2.68. The molecule has 2 aliphatic heterocycles. The van der Waals surface area contributed by atoms with Gasteiger partial charge in [-0.15, -0.1) is 0 Å². The second-order valence-electron chi connectivity index (χ2n) is 8.06. The Morgan fingerprint density at radius 3 is 2.66 bits per heavy atom. The molecule has 8 heteroatoms. The van der Waals surface area contributed by atoms with Crippen molar-refractivity contribution in [2.75, 3.05) is 44.3 Å². The van der Waals surface area contributed by atoms with Crippen LogP contribution in [-0.4, -0.2) is 70.1 Å². The van der Waals surface area contributed by atoms with E-state index in [0.29, 0.717) is 19.1 Å². The van der Waals surface area contributed by atoms with Gasteiger partial charge < -0.3 is 14.5 Å². The Hall–Kier alpha value is -2.61. The van der Waals surface area contributed by atoms with Gasteiger partial charge in [-0.2, -0.15) is 0 Å². The second kappa shape index (κ2) is 8.02. The zero-order valence-electron chi connectivity index (χ0n) is 16.5. The number of hydrogen-bond acceptors (Lipinski definition) is 7. The fourth-order valence-electron chi connectivity index (χ4n) is 4.24. The smallest absolute Gasteiger partial charge is 0.225 e. The third-order valence-corrected chi connectivity index (χ3v) is 5.98. The molecule has 0 N–H and O–H groups in total. The van der Waals surface area contributed by atoms with Crippen LogP contribution in [0.3, 0.4) is 0 Å². The molecule has 0 radical (unpaired) electrons. The van der Waals surface area contributed by atoms with Crippen LogP contribution < -0.4 is 4.90 Å². The second-order valence-corrected chi connectivity index (χ2v) is 8.06. The molecule has 0 bridgehead atoms. The fourth-order valence-corrected chi connectivity index (χ4v) is 4.24. The molecular formula is C21H26N6O2. The maximum atomic E-state index is 12.7. The summed E-state index contributed by atoms with van der Waals surface area (Å²) in [6.07, 6.45) is 11.1. The topological polar surface area (TPSA) is 84.3 Å². The standard InChI is InChI=1S/C21H26N6O2/c28-20(15-3-4-15)27-7-1-2-16(14-27)19-17(18-13-22-5-6-23-18)12-24-21(25-19)26-8-10-29-11-9-26/h5-6,12-13,15-16H,1-4,7-11,14H2/t16-/m0/s1. The Labute approximate surface area is 170 Å². The number of morpholine rings is 1. The average molecular weight is 394 g/mol. The molecule has 0 aromatic carbocycles. The van der Waals surface area contributed by atoms with Gasteiger partial charge in [0, 0.05) is 62.2 Å². The number of nitrogens with zero attached hydrogens (tertiary/aromatic N) is 6. The number of anilines is 1. The molecule has 5 rings (SSSR count). The quantitative estimate of drug-likeness (QED) is 0.783. The van der Waals surface area contributed by atoms with Crippen LogP contribution in [0, 0.1) is 5.92 Å². The molecule has 0 unspecified atom stereocenters. The van der Waals surface area contributed by atoms with Crippen LogP contribution >= 0.6 is 0 Å². The number of rotatable bonds is 4. The lowest BCUT2D eigenvalue weighted by molar-refractivity contribution is -0.133. The first-order chi connectivity index (χ1) is 14.3. The summed E-state index contributed by atoms with van der Waals surface area (Å²) in [4.78, 5) is 35.2. The lowest BCUT2D eigenvalue weighted by atomic mass is 9.91. The highest BCUT2D eigenvalue weighted by Crippen LogP contribution is 2.36. The van der Waals surface area contributed by atoms with E-state index in [9.17, 15) is 4.79 Å². The molecule has 3 fully saturated rings. The minimum atomic E-state index is 0.186. The van der Waals surface area contributed by atoms with E-state index in [1.165, 1.54) is 0 Å². The summed E-state index contributed by atoms with van der Waals surface area (Å²) in [7, 11) is 0. The molecule has 29 heavy (non-hydrogen) atoms. The molecule has 152 valence electrons. The Kier molecular flexibility index (Phi) is 5.10. The number of aromatic nitrogens is 4. The van der Waals surface area contributed by atoms with Crippen LogP contribution in [0.25, 0.3) is 11.3 Å². The summed E-state index contributed by atoms with van der Waals surface area (Å²) in [6, 6.07) is 0. The van der Waals surface area contributed by atoms with Crippen molar-refractivity contribution in [3.8, 4) is 11.3 Å². The molecule has 1 aliphatic carbocycles. The summed E-state index contributed by atoms with van der Waals surface area (Å²) < 4.78 is 5.47. The van der Waals surface area contributed by atoms with Gasteiger partial charge in [0.15, 0.2) is 0 Å². The monoisotopic (exact) mass is 394 g/mol. The van der Waals surface area contributed by atoms with Crippen molar-refractivity contribution in [2.24, 2.45) is 5.92 Å². The zero-order chi connectivity index (χ0) is 19.6. The van der Waals surface area contributed by atoms with Crippen LogP contribution in [0.2, 0.25) is 0 Å². The number of amides is 1. The summed E-state index contributed by atoms with van der Waals surface area (Å²) in [5.74, 6) is 1.49. The molecule has 8 nitrogen and oxygen atoms in total. The highest BCUT2D eigenvalue weighted by molar-refractivity contribution is 5.81. The normalized spacial score (nSPS) is 22.6. The maximum absolute atomic E-state index is 12.7. The Morgan fingerprint density at radius 1 is 1.03 bits per heavy atom. The van der Waals surface area contributed by atoms with Gasteiger partial charge >= 0.3 is 0 Å². The molecular weight excluding hydrogens is 368 g/mol. The number of piperidine rings is 1. The van der Waals surface area contributed by atoms with Gasteiger partial charge in [0.05, 0.1) is 30.8 Å². The van der Waals surface area contributed by atoms with Crippen LogP contribution in [0.15, 0.2) is 24.8 Å². The van der Waals surface area contributed by atoms with Crippen molar-refractivity contribution >= 4 is 11.9 Å². The van der Waals surface area contributed by atoms with Crippen molar-refractivity contribution in [3.63, 3.8) is 0 Å². The van der Waals surface area contributed by atoms with E-state index in [-0.39, 0.29) is 11.8 Å². The van der Waals surface area contributed by atoms with Gasteiger partial charge in [0.1, 0.15) is 0 Å². The summed E-state index contributed by atoms with van der Waals surface area (Å²) in [5, 5.41) is 0. The Bertz CT molecular complexity index is 867. The SMILES string of the molecule is O=C(C1CC1)N1CCC[C@H](c2nc(N3CCOCC3)ncc2-c2cnccn2)C1. The largest absolute Gasteiger partial charge is 0.378 e. The molecule has 2 saturated heterocycles. The van der Waals surface area contributed by atoms with Crippen LogP contribution in [0.4, 0.5) is 5.95 Å². The lowest BCUT2D eigenvalue weighted by Crippen LogP contribution is -2.41. The number of likely N-dealkylation sites (tertiary alicyclic amines) is 1. The lowest BCUT2D eigenvalue weighted by Gasteiger charge is -2.34. The van der Waals surface area contributed by atoms with Crippen LogP contribution in [-0.2, 0) is 9.53 Å². The number of hydrogen-bond donors (Lipinski definition) is 0. The first kappa shape index (κ1) is 18.4. The number of carbonyl (C=O) groups excluding carboxylic acids is 1. The first-order valence-electron chi connectivity index (χ1n) is 10.5. The first-order valence-corrected chi connectivity index (χ1v) is 10.5. The Morgan fingerprint density at radius 2 is 1.90 bits per heavy atom. The van der Waals surface area contributed by atoms with Crippen molar-refractivity contribution in [2.45, 2.75) is 31.6 Å². The van der Waals surface area contributed by atoms with E-state index in [2.05, 4.69) is 19.9 Å². The van der Waals surface area contributed by atoms with Gasteiger partial charge in [-0.05, 0) is 25.7 Å². The van der Waals surface area contributed by atoms with Gasteiger partial charge in [-0.3, -0.25) is 14.8 Å². The molecule has 3 aliphatic rings. The van der Waals surface area contributed by atoms with Gasteiger partial charge in [0.25, 0.3) is 0 Å². The molecule has 4 heterocycles. The van der Waals surface area contributed by atoms with Crippen molar-refractivity contribution in [1.82, 2.24) is 24.8 Å².